The second kappa shape index (κ2) is 11.2. The molecule has 0 aliphatic carbocycles. The van der Waals surface area contributed by atoms with E-state index in [-0.39, 0.29) is 12.3 Å². The third kappa shape index (κ3) is 5.90. The minimum Gasteiger partial charge on any atom is -0.493 e. The van der Waals surface area contributed by atoms with Crippen molar-refractivity contribution in [2.24, 2.45) is 0 Å². The van der Waals surface area contributed by atoms with Gasteiger partial charge in [0.2, 0.25) is 5.91 Å². The predicted octanol–water partition coefficient (Wildman–Crippen LogP) is 4.44. The molecule has 8 heteroatoms. The second-order valence-electron chi connectivity index (χ2n) is 8.19. The van der Waals surface area contributed by atoms with Crippen LogP contribution in [0.5, 0.6) is 11.5 Å². The average molecular weight is 486 g/mol. The van der Waals surface area contributed by atoms with Gasteiger partial charge < -0.3 is 14.0 Å². The first-order valence-corrected chi connectivity index (χ1v) is 11.4. The molecule has 0 atom stereocenters. The van der Waals surface area contributed by atoms with Gasteiger partial charge in [0.1, 0.15) is 12.4 Å². The molecule has 0 bridgehead atoms. The number of rotatable bonds is 8. The average Bonchev–Trinajstić information content (AvgIpc) is 3.22. The van der Waals surface area contributed by atoms with E-state index in [1.165, 1.54) is 6.08 Å². The van der Waals surface area contributed by atoms with Crippen LogP contribution in [-0.2, 0) is 22.6 Å². The van der Waals surface area contributed by atoms with E-state index >= 15 is 0 Å². The van der Waals surface area contributed by atoms with Crippen molar-refractivity contribution in [1.82, 2.24) is 16.0 Å². The summed E-state index contributed by atoms with van der Waals surface area (Å²) in [7, 11) is 1.55. The number of methoxy groups -OCH3 is 1. The fraction of sp³-hybridized carbons (Fsp3) is 0.179. The fourth-order valence-corrected chi connectivity index (χ4v) is 3.77. The molecule has 0 aliphatic heterocycles. The lowest BCUT2D eigenvalue weighted by atomic mass is 10.0. The molecule has 4 aromatic rings. The largest absolute Gasteiger partial charge is 0.493 e. The third-order valence-electron chi connectivity index (χ3n) is 5.72. The molecule has 0 spiro atoms. The highest BCUT2D eigenvalue weighted by molar-refractivity contribution is 5.94. The summed E-state index contributed by atoms with van der Waals surface area (Å²) >= 11 is 0. The number of fused-ring (bicyclic) bond motifs is 1. The van der Waals surface area contributed by atoms with Gasteiger partial charge in [-0.2, -0.15) is 0 Å². The van der Waals surface area contributed by atoms with Gasteiger partial charge in [-0.05, 0) is 54.0 Å². The summed E-state index contributed by atoms with van der Waals surface area (Å²) in [6.45, 7) is 3.99. The fourth-order valence-electron chi connectivity index (χ4n) is 3.77. The van der Waals surface area contributed by atoms with E-state index in [1.54, 1.807) is 31.4 Å². The van der Waals surface area contributed by atoms with Gasteiger partial charge in [-0.1, -0.05) is 53.7 Å². The number of aryl methyl sites for hydroxylation is 2. The number of aromatic nitrogens is 1. The summed E-state index contributed by atoms with van der Waals surface area (Å²) in [5.74, 6) is 1.02. The Morgan fingerprint density at radius 3 is 2.58 bits per heavy atom. The highest BCUT2D eigenvalue weighted by atomic mass is 16.5. The Bertz CT molecular complexity index is 1400. The second-order valence-corrected chi connectivity index (χ2v) is 8.19. The van der Waals surface area contributed by atoms with Crippen LogP contribution in [0.2, 0.25) is 0 Å². The first-order chi connectivity index (χ1) is 17.4. The Morgan fingerprint density at radius 1 is 1.00 bits per heavy atom. The summed E-state index contributed by atoms with van der Waals surface area (Å²) in [4.78, 5) is 24.6. The van der Waals surface area contributed by atoms with Crippen LogP contribution in [0.1, 0.15) is 28.1 Å². The molecule has 2 amide bonds. The maximum Gasteiger partial charge on any atom is 0.262 e. The van der Waals surface area contributed by atoms with Crippen LogP contribution in [0.25, 0.3) is 16.8 Å². The van der Waals surface area contributed by atoms with Crippen molar-refractivity contribution in [1.29, 1.82) is 0 Å². The Hall–Kier alpha value is -4.59. The van der Waals surface area contributed by atoms with Crippen molar-refractivity contribution in [2.45, 2.75) is 26.9 Å². The maximum absolute atomic E-state index is 12.4. The van der Waals surface area contributed by atoms with Crippen molar-refractivity contribution in [2.75, 3.05) is 7.11 Å². The molecule has 8 nitrogen and oxygen atoms in total. The summed E-state index contributed by atoms with van der Waals surface area (Å²) in [6.07, 6.45) is 3.10. The van der Waals surface area contributed by atoms with Crippen molar-refractivity contribution in [3.8, 4) is 11.5 Å². The van der Waals surface area contributed by atoms with Gasteiger partial charge in [-0.15, -0.1) is 0 Å². The van der Waals surface area contributed by atoms with Crippen molar-refractivity contribution in [3.63, 3.8) is 0 Å². The molecule has 0 unspecified atom stereocenters. The molecule has 0 radical (unpaired) electrons. The standard InChI is InChI=1S/C28H27N3O5/c1-18-24(19(2)36-31-18)17-35-25-13-11-20(15-26(25)34-3)12-14-27(32)29-30-28(33)16-22-9-6-8-21-7-4-5-10-23(21)22/h4-15H,16-17H2,1-3H3,(H,29,32)(H,30,33)/b14-12+. The van der Waals surface area contributed by atoms with Gasteiger partial charge in [-0.25, -0.2) is 0 Å². The van der Waals surface area contributed by atoms with Gasteiger partial charge in [0.05, 0.1) is 24.8 Å². The zero-order valence-electron chi connectivity index (χ0n) is 20.3. The topological polar surface area (TPSA) is 103 Å². The summed E-state index contributed by atoms with van der Waals surface area (Å²) in [5.41, 5.74) is 8.15. The first kappa shape index (κ1) is 24.5. The molecule has 0 saturated carbocycles. The quantitative estimate of drug-likeness (QED) is 0.283. The molecule has 36 heavy (non-hydrogen) atoms. The summed E-state index contributed by atoms with van der Waals surface area (Å²) in [6, 6.07) is 19.0. The normalized spacial score (nSPS) is 11.0. The molecule has 2 N–H and O–H groups in total. The molecule has 0 aliphatic rings. The van der Waals surface area contributed by atoms with E-state index in [1.807, 2.05) is 56.3 Å². The molecule has 3 aromatic carbocycles. The van der Waals surface area contributed by atoms with E-state index in [0.29, 0.717) is 23.9 Å². The van der Waals surface area contributed by atoms with Crippen LogP contribution >= 0.6 is 0 Å². The van der Waals surface area contributed by atoms with Gasteiger partial charge in [0, 0.05) is 6.08 Å². The van der Waals surface area contributed by atoms with E-state index in [4.69, 9.17) is 14.0 Å². The maximum atomic E-state index is 12.4. The Labute approximate surface area is 208 Å². The number of amides is 2. The highest BCUT2D eigenvalue weighted by Crippen LogP contribution is 2.30. The minimum atomic E-state index is -0.459. The monoisotopic (exact) mass is 485 g/mol. The zero-order chi connectivity index (χ0) is 25.5. The Kier molecular flexibility index (Phi) is 7.65. The van der Waals surface area contributed by atoms with E-state index in [2.05, 4.69) is 16.0 Å². The number of hydrogen-bond acceptors (Lipinski definition) is 6. The number of carbonyl (C=O) groups is 2. The third-order valence-corrected chi connectivity index (χ3v) is 5.72. The number of nitrogens with one attached hydrogen (secondary N) is 2. The highest BCUT2D eigenvalue weighted by Gasteiger charge is 2.12. The van der Waals surface area contributed by atoms with Crippen molar-refractivity contribution >= 4 is 28.7 Å². The zero-order valence-corrected chi connectivity index (χ0v) is 20.3. The van der Waals surface area contributed by atoms with E-state index < -0.39 is 5.91 Å². The molecule has 184 valence electrons. The van der Waals surface area contributed by atoms with Gasteiger partial charge >= 0.3 is 0 Å². The lowest BCUT2D eigenvalue weighted by Gasteiger charge is -2.11. The lowest BCUT2D eigenvalue weighted by molar-refractivity contribution is -0.126. The molecular formula is C28H27N3O5. The number of benzene rings is 3. The van der Waals surface area contributed by atoms with Gasteiger partial charge in [0.15, 0.2) is 11.5 Å². The van der Waals surface area contributed by atoms with Crippen LogP contribution < -0.4 is 20.3 Å². The van der Waals surface area contributed by atoms with Gasteiger partial charge in [0.25, 0.3) is 5.91 Å². The summed E-state index contributed by atoms with van der Waals surface area (Å²) in [5, 5.41) is 5.99. The van der Waals surface area contributed by atoms with Gasteiger partial charge in [-0.3, -0.25) is 20.4 Å². The number of hydrogen-bond donors (Lipinski definition) is 2. The Morgan fingerprint density at radius 2 is 1.81 bits per heavy atom. The minimum absolute atomic E-state index is 0.151. The number of nitrogens with zero attached hydrogens (tertiary/aromatic N) is 1. The van der Waals surface area contributed by atoms with Crippen LogP contribution in [0.15, 0.2) is 71.3 Å². The van der Waals surface area contributed by atoms with E-state index in [9.17, 15) is 9.59 Å². The molecule has 4 rings (SSSR count). The molecule has 0 fully saturated rings. The number of ether oxygens (including phenoxy) is 2. The number of carbonyl (C=O) groups excluding carboxylic acids is 2. The van der Waals surface area contributed by atoms with Crippen LogP contribution in [0.4, 0.5) is 0 Å². The smallest absolute Gasteiger partial charge is 0.262 e. The van der Waals surface area contributed by atoms with Crippen molar-refractivity contribution < 1.29 is 23.6 Å². The molecule has 1 heterocycles. The van der Waals surface area contributed by atoms with Crippen LogP contribution in [-0.4, -0.2) is 24.1 Å². The lowest BCUT2D eigenvalue weighted by Crippen LogP contribution is -2.41. The first-order valence-electron chi connectivity index (χ1n) is 11.4. The predicted molar refractivity (Wildman–Crippen MR) is 136 cm³/mol. The van der Waals surface area contributed by atoms with Crippen LogP contribution in [0.3, 0.4) is 0 Å². The molecular weight excluding hydrogens is 458 g/mol. The SMILES string of the molecule is COc1cc(/C=C/C(=O)NNC(=O)Cc2cccc3ccccc23)ccc1OCc1c(C)noc1C. The van der Waals surface area contributed by atoms with Crippen molar-refractivity contribution in [3.05, 3.63) is 94.9 Å². The summed E-state index contributed by atoms with van der Waals surface area (Å²) < 4.78 is 16.5. The molecule has 1 aromatic heterocycles. The van der Waals surface area contributed by atoms with Crippen LogP contribution in [0, 0.1) is 13.8 Å². The Balaban J connectivity index is 1.31. The number of hydrazine groups is 1. The van der Waals surface area contributed by atoms with E-state index in [0.717, 1.165) is 33.2 Å². The molecule has 0 saturated heterocycles.